The quantitative estimate of drug-likeness (QED) is 0.590. The minimum atomic E-state index is -0.455. The summed E-state index contributed by atoms with van der Waals surface area (Å²) in [5, 5.41) is 2.88. The summed E-state index contributed by atoms with van der Waals surface area (Å²) >= 11 is 6.78. The molecule has 4 fully saturated rings. The Labute approximate surface area is 166 Å². The van der Waals surface area contributed by atoms with Crippen LogP contribution in [-0.2, 0) is 14.3 Å². The van der Waals surface area contributed by atoms with E-state index >= 15 is 0 Å². The van der Waals surface area contributed by atoms with Gasteiger partial charge in [0, 0.05) is 11.4 Å². The molecule has 1 aromatic rings. The van der Waals surface area contributed by atoms with Crippen LogP contribution in [0.4, 0.5) is 0 Å². The summed E-state index contributed by atoms with van der Waals surface area (Å²) in [6, 6.07) is 10.1. The fourth-order valence-electron chi connectivity index (χ4n) is 5.89. The number of halogens is 1. The van der Waals surface area contributed by atoms with Crippen molar-refractivity contribution in [1.29, 1.82) is 0 Å². The zero-order valence-corrected chi connectivity index (χ0v) is 16.6. The Morgan fingerprint density at radius 1 is 1.19 bits per heavy atom. The Balaban J connectivity index is 1.27. The van der Waals surface area contributed by atoms with E-state index < -0.39 is 5.41 Å². The first-order chi connectivity index (χ1) is 12.9. The lowest BCUT2D eigenvalue weighted by atomic mass is 9.49. The minimum absolute atomic E-state index is 0.202. The van der Waals surface area contributed by atoms with E-state index in [-0.39, 0.29) is 29.3 Å². The Morgan fingerprint density at radius 2 is 1.85 bits per heavy atom. The third-order valence-corrected chi connectivity index (χ3v) is 7.17. The molecule has 5 atom stereocenters. The Hall–Kier alpha value is -1.55. The smallest absolute Gasteiger partial charge is 0.312 e. The van der Waals surface area contributed by atoms with Gasteiger partial charge < -0.3 is 10.1 Å². The lowest BCUT2D eigenvalue weighted by molar-refractivity contribution is -0.171. The highest BCUT2D eigenvalue weighted by atomic mass is 35.5. The second-order valence-corrected chi connectivity index (χ2v) is 9.89. The number of hydrogen-bond acceptors (Lipinski definition) is 3. The fourth-order valence-corrected chi connectivity index (χ4v) is 6.58. The maximum atomic E-state index is 12.8. The Bertz CT molecular complexity index is 706. The Kier molecular flexibility index (Phi) is 4.96. The molecule has 5 rings (SSSR count). The highest BCUT2D eigenvalue weighted by Gasteiger charge is 2.60. The number of benzene rings is 1. The van der Waals surface area contributed by atoms with Gasteiger partial charge in [-0.15, -0.1) is 11.6 Å². The number of rotatable bonds is 6. The second-order valence-electron chi connectivity index (χ2n) is 9.08. The number of hydrogen-bond donors (Lipinski definition) is 1. The highest BCUT2D eigenvalue weighted by Crippen LogP contribution is 2.64. The van der Waals surface area contributed by atoms with Crippen LogP contribution in [0.5, 0.6) is 0 Å². The number of ether oxygens (including phenoxy) is 1. The molecule has 4 aliphatic carbocycles. The van der Waals surface area contributed by atoms with E-state index in [0.717, 1.165) is 25.7 Å². The maximum Gasteiger partial charge on any atom is 0.312 e. The van der Waals surface area contributed by atoms with Gasteiger partial charge in [0.15, 0.2) is 6.61 Å². The van der Waals surface area contributed by atoms with E-state index in [1.165, 1.54) is 12.0 Å². The molecule has 5 heteroatoms. The van der Waals surface area contributed by atoms with Crippen molar-refractivity contribution < 1.29 is 14.3 Å². The second kappa shape index (κ2) is 7.12. The van der Waals surface area contributed by atoms with Crippen molar-refractivity contribution >= 4 is 23.5 Å². The van der Waals surface area contributed by atoms with E-state index in [1.807, 2.05) is 30.3 Å². The first kappa shape index (κ1) is 18.8. The lowest BCUT2D eigenvalue weighted by Gasteiger charge is -2.58. The summed E-state index contributed by atoms with van der Waals surface area (Å²) in [5.74, 6) is 0.836. The third kappa shape index (κ3) is 3.87. The van der Waals surface area contributed by atoms with Crippen LogP contribution in [0.15, 0.2) is 30.3 Å². The van der Waals surface area contributed by atoms with Crippen LogP contribution in [0.1, 0.15) is 56.9 Å². The maximum absolute atomic E-state index is 12.8. The first-order valence-electron chi connectivity index (χ1n) is 10.1. The van der Waals surface area contributed by atoms with Gasteiger partial charge in [-0.2, -0.15) is 0 Å². The molecule has 4 nitrogen and oxygen atoms in total. The zero-order valence-electron chi connectivity index (χ0n) is 15.9. The average Bonchev–Trinajstić information content (AvgIpc) is 2.62. The van der Waals surface area contributed by atoms with E-state index in [4.69, 9.17) is 16.3 Å². The molecule has 4 saturated carbocycles. The summed E-state index contributed by atoms with van der Waals surface area (Å²) < 4.78 is 5.46. The molecule has 2 unspecified atom stereocenters. The number of nitrogens with one attached hydrogen (secondary N) is 1. The van der Waals surface area contributed by atoms with Crippen LogP contribution in [0.2, 0.25) is 0 Å². The zero-order chi connectivity index (χ0) is 19.1. The van der Waals surface area contributed by atoms with Gasteiger partial charge in [0.2, 0.25) is 0 Å². The number of alkyl halides is 1. The van der Waals surface area contributed by atoms with Gasteiger partial charge in [0.25, 0.3) is 5.91 Å². The number of carbonyl (C=O) groups excluding carboxylic acids is 2. The predicted octanol–water partition coefficient (Wildman–Crippen LogP) is 4.03. The van der Waals surface area contributed by atoms with Crippen LogP contribution in [0, 0.1) is 17.3 Å². The average molecular weight is 390 g/mol. The van der Waals surface area contributed by atoms with E-state index in [1.54, 1.807) is 0 Å². The topological polar surface area (TPSA) is 55.4 Å². The largest absolute Gasteiger partial charge is 0.455 e. The van der Waals surface area contributed by atoms with Crippen molar-refractivity contribution in [2.75, 3.05) is 13.2 Å². The van der Waals surface area contributed by atoms with Gasteiger partial charge in [0.1, 0.15) is 0 Å². The molecule has 0 heterocycles. The molecule has 27 heavy (non-hydrogen) atoms. The van der Waals surface area contributed by atoms with E-state index in [2.05, 4.69) is 12.2 Å². The van der Waals surface area contributed by atoms with Crippen LogP contribution in [0.3, 0.4) is 0 Å². The van der Waals surface area contributed by atoms with Crippen LogP contribution < -0.4 is 5.32 Å². The summed E-state index contributed by atoms with van der Waals surface area (Å²) in [7, 11) is 0. The summed E-state index contributed by atoms with van der Waals surface area (Å²) in [6.45, 7) is 2.39. The predicted molar refractivity (Wildman–Crippen MR) is 105 cm³/mol. The molecule has 0 radical (unpaired) electrons. The third-order valence-electron chi connectivity index (χ3n) is 6.73. The molecule has 0 saturated heterocycles. The van der Waals surface area contributed by atoms with Crippen molar-refractivity contribution in [1.82, 2.24) is 5.32 Å². The molecule has 146 valence electrons. The van der Waals surface area contributed by atoms with Gasteiger partial charge in [-0.05, 0) is 61.8 Å². The first-order valence-corrected chi connectivity index (χ1v) is 10.4. The SMILES string of the molecule is C[C@H](CNC(=O)COC(=O)C12C[C@@H]3C[C@@H](CC(Cl)(C3)C1)C2)c1ccccc1. The van der Waals surface area contributed by atoms with Crippen molar-refractivity contribution in [3.63, 3.8) is 0 Å². The number of amides is 1. The number of carbonyl (C=O) groups is 2. The van der Waals surface area contributed by atoms with Gasteiger partial charge in [-0.3, -0.25) is 9.59 Å². The van der Waals surface area contributed by atoms with Gasteiger partial charge in [-0.1, -0.05) is 37.3 Å². The number of esters is 1. The Morgan fingerprint density at radius 3 is 2.48 bits per heavy atom. The van der Waals surface area contributed by atoms with Gasteiger partial charge in [-0.25, -0.2) is 0 Å². The summed E-state index contributed by atoms with van der Waals surface area (Å²) in [4.78, 5) is 24.8. The van der Waals surface area contributed by atoms with E-state index in [0.29, 0.717) is 24.8 Å². The van der Waals surface area contributed by atoms with Crippen molar-refractivity contribution in [2.24, 2.45) is 17.3 Å². The standard InChI is InChI=1S/C22H28ClNO3/c1-15(18-5-3-2-4-6-18)12-24-19(25)13-27-20(26)21-8-16-7-17(9-21)11-22(23,10-16)14-21/h2-6,15-17H,7-14H2,1H3,(H,24,25)/t15-,16-,17+,21?,22?/m1/s1. The molecule has 0 aromatic heterocycles. The lowest BCUT2D eigenvalue weighted by Crippen LogP contribution is -2.56. The molecule has 4 bridgehead atoms. The minimum Gasteiger partial charge on any atom is -0.455 e. The normalized spacial score (nSPS) is 34.9. The van der Waals surface area contributed by atoms with E-state index in [9.17, 15) is 9.59 Å². The van der Waals surface area contributed by atoms with Crippen molar-refractivity contribution in [2.45, 2.75) is 56.2 Å². The molecular weight excluding hydrogens is 362 g/mol. The molecule has 0 aliphatic heterocycles. The monoisotopic (exact) mass is 389 g/mol. The van der Waals surface area contributed by atoms with Crippen molar-refractivity contribution in [3.05, 3.63) is 35.9 Å². The van der Waals surface area contributed by atoms with Gasteiger partial charge >= 0.3 is 5.97 Å². The van der Waals surface area contributed by atoms with Crippen LogP contribution in [-0.4, -0.2) is 29.9 Å². The molecule has 0 spiro atoms. The summed E-state index contributed by atoms with van der Waals surface area (Å²) in [6.07, 6.45) is 5.71. The van der Waals surface area contributed by atoms with Crippen LogP contribution >= 0.6 is 11.6 Å². The molecule has 1 aromatic carbocycles. The summed E-state index contributed by atoms with van der Waals surface area (Å²) in [5.41, 5.74) is 0.722. The van der Waals surface area contributed by atoms with Crippen molar-refractivity contribution in [3.8, 4) is 0 Å². The van der Waals surface area contributed by atoms with Gasteiger partial charge in [0.05, 0.1) is 5.41 Å². The molecule has 4 aliphatic rings. The molecule has 1 N–H and O–H groups in total. The van der Waals surface area contributed by atoms with Crippen LogP contribution in [0.25, 0.3) is 0 Å². The fraction of sp³-hybridized carbons (Fsp3) is 0.636. The molecule has 1 amide bonds. The molecular formula is C22H28ClNO3. The highest BCUT2D eigenvalue weighted by molar-refractivity contribution is 6.24.